The number of amides is 2. The van der Waals surface area contributed by atoms with Crippen LogP contribution in [0.1, 0.15) is 62.3 Å². The summed E-state index contributed by atoms with van der Waals surface area (Å²) in [5.41, 5.74) is 3.37. The molecule has 0 unspecified atom stereocenters. The second-order valence-electron chi connectivity index (χ2n) is 10.0. The first-order valence-electron chi connectivity index (χ1n) is 11.7. The summed E-state index contributed by atoms with van der Waals surface area (Å²) in [5, 5.41) is 0. The van der Waals surface area contributed by atoms with Crippen LogP contribution in [0.2, 0.25) is 0 Å². The molecule has 10 heteroatoms. The standard InChI is InChI=1S/C26H27FN6O3/c1-15-13-31-14-17(11-20(27)23(31)29-15)22-28-12-19-21(30-22)7-9-33(24(19)34)18-6-8-32(16(2)10-18)25(35)36-26(3,4)5/h7,9,11-14H,6,8,10H2,1-5H3/q+2. The molecule has 0 saturated heterocycles. The summed E-state index contributed by atoms with van der Waals surface area (Å²) < 4.78 is 24.9. The summed E-state index contributed by atoms with van der Waals surface area (Å²) in [5.74, 6) is -0.394. The van der Waals surface area contributed by atoms with Crippen molar-refractivity contribution in [1.29, 1.82) is 0 Å². The van der Waals surface area contributed by atoms with Gasteiger partial charge in [0.2, 0.25) is 0 Å². The lowest BCUT2D eigenvalue weighted by molar-refractivity contribution is -0.455. The quantitative estimate of drug-likeness (QED) is 0.479. The van der Waals surface area contributed by atoms with Crippen molar-refractivity contribution in [3.63, 3.8) is 0 Å². The first-order valence-corrected chi connectivity index (χ1v) is 11.7. The maximum atomic E-state index is 14.5. The number of aryl methyl sites for hydroxylation is 1. The van der Waals surface area contributed by atoms with Crippen molar-refractivity contribution in [3.05, 3.63) is 53.6 Å². The number of fused-ring (bicyclic) bond motifs is 2. The van der Waals surface area contributed by atoms with E-state index in [0.717, 1.165) is 11.4 Å². The monoisotopic (exact) mass is 490 g/mol. The molecule has 0 aliphatic carbocycles. The summed E-state index contributed by atoms with van der Waals surface area (Å²) in [6.45, 7) is 9.58. The molecule has 0 N–H and O–H groups in total. The van der Waals surface area contributed by atoms with Crippen LogP contribution in [0.15, 0.2) is 30.9 Å². The first kappa shape index (κ1) is 23.7. The molecule has 5 rings (SSSR count). The molecule has 0 fully saturated rings. The highest BCUT2D eigenvalue weighted by atomic mass is 19.1. The minimum Gasteiger partial charge on any atom is -0.406 e. The predicted molar refractivity (Wildman–Crippen MR) is 131 cm³/mol. The van der Waals surface area contributed by atoms with Crippen molar-refractivity contribution in [2.45, 2.75) is 53.1 Å². The molecule has 5 heterocycles. The number of carbonyl (C=O) groups excluding carboxylic acids is 2. The molecule has 0 aromatic carbocycles. The number of aromatic nitrogens is 4. The van der Waals surface area contributed by atoms with Gasteiger partial charge in [-0.1, -0.05) is 0 Å². The van der Waals surface area contributed by atoms with E-state index in [-0.39, 0.29) is 17.6 Å². The van der Waals surface area contributed by atoms with E-state index in [4.69, 9.17) is 4.74 Å². The fraction of sp³-hybridized carbons (Fsp3) is 0.346. The molecule has 36 heavy (non-hydrogen) atoms. The zero-order chi connectivity index (χ0) is 25.8. The number of pyridine rings is 1. The van der Waals surface area contributed by atoms with E-state index < -0.39 is 11.4 Å². The minimum absolute atomic E-state index is 0.237. The van der Waals surface area contributed by atoms with Crippen molar-refractivity contribution in [2.24, 2.45) is 0 Å². The maximum Gasteiger partial charge on any atom is 0.596 e. The van der Waals surface area contributed by atoms with Gasteiger partial charge in [-0.3, -0.25) is 0 Å². The first-order chi connectivity index (χ1) is 17.0. The molecule has 0 spiro atoms. The van der Waals surface area contributed by atoms with Crippen molar-refractivity contribution in [1.82, 2.24) is 19.4 Å². The molecule has 184 valence electrons. The van der Waals surface area contributed by atoms with Crippen LogP contribution in [-0.2, 0) is 4.74 Å². The fourth-order valence-electron chi connectivity index (χ4n) is 4.40. The van der Waals surface area contributed by atoms with E-state index in [1.165, 1.54) is 12.3 Å². The molecule has 2 aliphatic heterocycles. The molecule has 3 aromatic rings. The van der Waals surface area contributed by atoms with E-state index in [9.17, 15) is 14.0 Å². The number of ether oxygens (including phenoxy) is 1. The Morgan fingerprint density at radius 3 is 2.69 bits per heavy atom. The van der Waals surface area contributed by atoms with E-state index in [1.54, 1.807) is 45.1 Å². The van der Waals surface area contributed by atoms with Crippen LogP contribution in [-0.4, -0.2) is 64.1 Å². The number of rotatable bonds is 1. The Hall–Kier alpha value is -4.08. The molecule has 0 saturated carbocycles. The highest BCUT2D eigenvalue weighted by molar-refractivity contribution is 6.05. The van der Waals surface area contributed by atoms with Gasteiger partial charge in [-0.2, -0.15) is 4.79 Å². The number of hydrogen-bond donors (Lipinski definition) is 0. The Bertz CT molecular complexity index is 1540. The molecule has 0 radical (unpaired) electrons. The van der Waals surface area contributed by atoms with Crippen LogP contribution in [0.5, 0.6) is 0 Å². The predicted octanol–water partition coefficient (Wildman–Crippen LogP) is 4.02. The van der Waals surface area contributed by atoms with Gasteiger partial charge in [-0.25, -0.2) is 24.1 Å². The Kier molecular flexibility index (Phi) is 5.61. The van der Waals surface area contributed by atoms with Crippen LogP contribution < -0.4 is 0 Å². The van der Waals surface area contributed by atoms with Crippen LogP contribution >= 0.6 is 0 Å². The third kappa shape index (κ3) is 4.34. The molecular weight excluding hydrogens is 463 g/mol. The Balaban J connectivity index is 1.43. The summed E-state index contributed by atoms with van der Waals surface area (Å²) in [7, 11) is 0. The van der Waals surface area contributed by atoms with Gasteiger partial charge in [0.1, 0.15) is 17.6 Å². The third-order valence-corrected chi connectivity index (χ3v) is 6.03. The smallest absolute Gasteiger partial charge is 0.406 e. The van der Waals surface area contributed by atoms with E-state index in [0.29, 0.717) is 47.7 Å². The lowest BCUT2D eigenvalue weighted by Gasteiger charge is -2.19. The Morgan fingerprint density at radius 1 is 1.19 bits per heavy atom. The number of halogens is 1. The maximum absolute atomic E-state index is 14.5. The van der Waals surface area contributed by atoms with Gasteiger partial charge >= 0.3 is 12.0 Å². The molecule has 9 nitrogen and oxygen atoms in total. The average Bonchev–Trinajstić information content (AvgIpc) is 3.18. The van der Waals surface area contributed by atoms with Gasteiger partial charge in [-0.15, -0.1) is 9.15 Å². The summed E-state index contributed by atoms with van der Waals surface area (Å²) in [6.07, 6.45) is 8.98. The van der Waals surface area contributed by atoms with Crippen LogP contribution in [0, 0.1) is 12.7 Å². The zero-order valence-corrected chi connectivity index (χ0v) is 20.9. The third-order valence-electron chi connectivity index (χ3n) is 6.03. The molecule has 2 amide bonds. The van der Waals surface area contributed by atoms with Gasteiger partial charge in [0.05, 0.1) is 17.8 Å². The number of nitrogens with zero attached hydrogens (tertiary/aromatic N) is 6. The molecule has 3 aromatic heterocycles. The molecule has 0 atom stereocenters. The number of hydrogen-bond acceptors (Lipinski definition) is 6. The lowest BCUT2D eigenvalue weighted by Crippen LogP contribution is -2.40. The SMILES string of the molecule is CC1=[N+](C(=O)OC(C)(C)C)CCC(=[N+]2C=Cc3nc(-c4cc(F)c5nc(C)cn5c4)ncc3C2=O)C1. The summed E-state index contributed by atoms with van der Waals surface area (Å²) >= 11 is 0. The average molecular weight is 491 g/mol. The fourth-order valence-corrected chi connectivity index (χ4v) is 4.40. The normalized spacial score (nSPS) is 18.1. The number of imidazole rings is 1. The second-order valence-corrected chi connectivity index (χ2v) is 10.0. The second kappa shape index (κ2) is 8.54. The topological polar surface area (TPSA) is 92.5 Å². The minimum atomic E-state index is -0.579. The van der Waals surface area contributed by atoms with Gasteiger partial charge < -0.3 is 9.14 Å². The van der Waals surface area contributed by atoms with Crippen molar-refractivity contribution in [3.8, 4) is 11.4 Å². The van der Waals surface area contributed by atoms with Crippen LogP contribution in [0.25, 0.3) is 23.1 Å². The van der Waals surface area contributed by atoms with Crippen molar-refractivity contribution < 1.29 is 27.9 Å². The van der Waals surface area contributed by atoms with Gasteiger partial charge in [0, 0.05) is 37.2 Å². The van der Waals surface area contributed by atoms with E-state index in [2.05, 4.69) is 15.0 Å². The lowest BCUT2D eigenvalue weighted by atomic mass is 10.0. The van der Waals surface area contributed by atoms with Gasteiger partial charge in [-0.05, 0) is 33.8 Å². The number of carbonyl (C=O) groups is 2. The summed E-state index contributed by atoms with van der Waals surface area (Å²) in [6, 6.07) is 1.34. The highest BCUT2D eigenvalue weighted by Crippen LogP contribution is 2.23. The summed E-state index contributed by atoms with van der Waals surface area (Å²) in [4.78, 5) is 38.9. The largest absolute Gasteiger partial charge is 0.596 e. The van der Waals surface area contributed by atoms with E-state index in [1.807, 2.05) is 27.7 Å². The Morgan fingerprint density at radius 2 is 1.97 bits per heavy atom. The highest BCUT2D eigenvalue weighted by Gasteiger charge is 2.38. The molecular formula is C26H27FN6O3+2. The van der Waals surface area contributed by atoms with Crippen molar-refractivity contribution >= 4 is 35.1 Å². The van der Waals surface area contributed by atoms with Crippen molar-refractivity contribution in [2.75, 3.05) is 6.54 Å². The zero-order valence-electron chi connectivity index (χ0n) is 20.9. The van der Waals surface area contributed by atoms with Crippen LogP contribution in [0.3, 0.4) is 0 Å². The van der Waals surface area contributed by atoms with Gasteiger partial charge in [0.25, 0.3) is 0 Å². The van der Waals surface area contributed by atoms with Crippen LogP contribution in [0.4, 0.5) is 9.18 Å². The molecule has 2 aliphatic rings. The van der Waals surface area contributed by atoms with E-state index >= 15 is 0 Å². The van der Waals surface area contributed by atoms with Gasteiger partial charge in [0.15, 0.2) is 41.5 Å². The molecule has 0 bridgehead atoms. The Labute approximate surface area is 207 Å².